The second-order valence-corrected chi connectivity index (χ2v) is 9.15. The van der Waals surface area contributed by atoms with Crippen molar-refractivity contribution in [3.63, 3.8) is 0 Å². The van der Waals surface area contributed by atoms with Crippen LogP contribution in [0.1, 0.15) is 50.5 Å². The molecule has 180 valence electrons. The van der Waals surface area contributed by atoms with Crippen molar-refractivity contribution < 1.29 is 23.9 Å². The number of carboxylic acid groups (broad SMARTS) is 1. The first-order valence-electron chi connectivity index (χ1n) is 11.0. The van der Waals surface area contributed by atoms with E-state index < -0.39 is 17.3 Å². The second kappa shape index (κ2) is 8.77. The summed E-state index contributed by atoms with van der Waals surface area (Å²) in [5.74, 6) is -2.09. The third-order valence-electron chi connectivity index (χ3n) is 6.41. The summed E-state index contributed by atoms with van der Waals surface area (Å²) in [6.07, 6.45) is 4.22. The fraction of sp³-hybridized carbons (Fsp3) is 0.292. The predicted octanol–water partition coefficient (Wildman–Crippen LogP) is 2.77. The van der Waals surface area contributed by atoms with Crippen molar-refractivity contribution in [1.29, 1.82) is 0 Å². The van der Waals surface area contributed by atoms with Gasteiger partial charge >= 0.3 is 5.97 Å². The van der Waals surface area contributed by atoms with Crippen LogP contribution in [0, 0.1) is 5.82 Å². The fourth-order valence-electron chi connectivity index (χ4n) is 4.24. The highest BCUT2D eigenvalue weighted by Crippen LogP contribution is 2.44. The standard InChI is InChI=1S/C24H21ClFN5O4/c25-17-9-14(1-3-18(17)26)10-21(32)30-7-8-31-19(13-30)16(12-28-31)22(33)29-24(5-6-24)20-4-2-15(11-27-20)23(34)35/h1-4,9,11-12H,5-8,10,13H2,(H,29,33)(H,34,35). The molecule has 2 aliphatic rings. The van der Waals surface area contributed by atoms with Crippen molar-refractivity contribution >= 4 is 29.4 Å². The quantitative estimate of drug-likeness (QED) is 0.541. The number of benzene rings is 1. The van der Waals surface area contributed by atoms with Crippen molar-refractivity contribution in [3.8, 4) is 0 Å². The Balaban J connectivity index is 1.29. The number of pyridine rings is 1. The third-order valence-corrected chi connectivity index (χ3v) is 6.70. The number of halogens is 2. The van der Waals surface area contributed by atoms with E-state index in [4.69, 9.17) is 16.7 Å². The number of carbonyl (C=O) groups excluding carboxylic acids is 2. The van der Waals surface area contributed by atoms with Gasteiger partial charge in [-0.15, -0.1) is 0 Å². The molecule has 0 spiro atoms. The lowest BCUT2D eigenvalue weighted by atomic mass is 10.1. The second-order valence-electron chi connectivity index (χ2n) is 8.74. The fourth-order valence-corrected chi connectivity index (χ4v) is 4.45. The van der Waals surface area contributed by atoms with Gasteiger partial charge in [-0.3, -0.25) is 19.3 Å². The molecule has 11 heteroatoms. The molecule has 1 saturated carbocycles. The Morgan fingerprint density at radius 1 is 1.14 bits per heavy atom. The van der Waals surface area contributed by atoms with Crippen molar-refractivity contribution in [2.24, 2.45) is 0 Å². The number of aromatic nitrogens is 3. The molecule has 0 bridgehead atoms. The highest BCUT2D eigenvalue weighted by atomic mass is 35.5. The van der Waals surface area contributed by atoms with Crippen molar-refractivity contribution in [1.82, 2.24) is 25.0 Å². The zero-order valence-electron chi connectivity index (χ0n) is 18.5. The van der Waals surface area contributed by atoms with E-state index in [0.29, 0.717) is 48.4 Å². The molecule has 3 heterocycles. The molecule has 1 aromatic carbocycles. The molecule has 2 N–H and O–H groups in total. The Morgan fingerprint density at radius 3 is 2.60 bits per heavy atom. The third kappa shape index (κ3) is 4.49. The van der Waals surface area contributed by atoms with E-state index in [0.717, 1.165) is 0 Å². The first-order valence-corrected chi connectivity index (χ1v) is 11.4. The van der Waals surface area contributed by atoms with Gasteiger partial charge in [0.2, 0.25) is 5.91 Å². The van der Waals surface area contributed by atoms with Gasteiger partial charge in [0.05, 0.1) is 58.8 Å². The van der Waals surface area contributed by atoms with Crippen LogP contribution in [-0.4, -0.2) is 49.1 Å². The van der Waals surface area contributed by atoms with Crippen LogP contribution in [0.5, 0.6) is 0 Å². The molecule has 5 rings (SSSR count). The lowest BCUT2D eigenvalue weighted by molar-refractivity contribution is -0.132. The van der Waals surface area contributed by atoms with Crippen molar-refractivity contribution in [2.75, 3.05) is 6.54 Å². The maximum absolute atomic E-state index is 13.4. The molecule has 0 saturated heterocycles. The maximum Gasteiger partial charge on any atom is 0.337 e. The van der Waals surface area contributed by atoms with Crippen molar-refractivity contribution in [2.45, 2.75) is 37.9 Å². The van der Waals surface area contributed by atoms with Crippen LogP contribution in [0.4, 0.5) is 4.39 Å². The molecule has 3 aromatic rings. The molecular weight excluding hydrogens is 477 g/mol. The minimum absolute atomic E-state index is 0.0351. The molecule has 1 fully saturated rings. The van der Waals surface area contributed by atoms with E-state index in [1.807, 2.05) is 0 Å². The van der Waals surface area contributed by atoms with Crippen molar-refractivity contribution in [3.05, 3.63) is 81.6 Å². The van der Waals surface area contributed by atoms with Crippen LogP contribution in [0.2, 0.25) is 5.02 Å². The smallest absolute Gasteiger partial charge is 0.337 e. The monoisotopic (exact) mass is 497 g/mol. The summed E-state index contributed by atoms with van der Waals surface area (Å²) in [4.78, 5) is 43.0. The van der Waals surface area contributed by atoms with Gasteiger partial charge in [-0.1, -0.05) is 17.7 Å². The summed E-state index contributed by atoms with van der Waals surface area (Å²) in [6.45, 7) is 1.10. The van der Waals surface area contributed by atoms with Gasteiger partial charge in [0.15, 0.2) is 0 Å². The SMILES string of the molecule is O=C(O)c1ccc(C2(NC(=O)c3cnn4c3CN(C(=O)Cc3ccc(F)c(Cl)c3)CC4)CC2)nc1. The van der Waals surface area contributed by atoms with Gasteiger partial charge in [0.1, 0.15) is 5.82 Å². The molecule has 9 nitrogen and oxygen atoms in total. The number of aromatic carboxylic acids is 1. The summed E-state index contributed by atoms with van der Waals surface area (Å²) in [5, 5.41) is 16.4. The summed E-state index contributed by atoms with van der Waals surface area (Å²) in [7, 11) is 0. The summed E-state index contributed by atoms with van der Waals surface area (Å²) in [6, 6.07) is 7.28. The number of amides is 2. The Hall–Kier alpha value is -3.79. The van der Waals surface area contributed by atoms with E-state index in [1.54, 1.807) is 15.6 Å². The largest absolute Gasteiger partial charge is 0.478 e. The zero-order valence-corrected chi connectivity index (χ0v) is 19.3. The number of hydrogen-bond acceptors (Lipinski definition) is 5. The van der Waals surface area contributed by atoms with Crippen LogP contribution in [0.15, 0.2) is 42.7 Å². The average Bonchev–Trinajstić information content (AvgIpc) is 3.50. The number of fused-ring (bicyclic) bond motifs is 1. The summed E-state index contributed by atoms with van der Waals surface area (Å²) >= 11 is 5.83. The first kappa shape index (κ1) is 23.0. The van der Waals surface area contributed by atoms with Crippen LogP contribution >= 0.6 is 11.6 Å². The lowest BCUT2D eigenvalue weighted by Crippen LogP contribution is -2.41. The molecule has 0 atom stereocenters. The highest BCUT2D eigenvalue weighted by Gasteiger charge is 2.47. The zero-order chi connectivity index (χ0) is 24.7. The molecule has 2 aromatic heterocycles. The van der Waals surface area contributed by atoms with Gasteiger partial charge in [-0.25, -0.2) is 9.18 Å². The van der Waals surface area contributed by atoms with E-state index in [9.17, 15) is 18.8 Å². The molecule has 35 heavy (non-hydrogen) atoms. The number of rotatable bonds is 6. The molecule has 0 unspecified atom stereocenters. The lowest BCUT2D eigenvalue weighted by Gasteiger charge is -2.28. The van der Waals surface area contributed by atoms with Gasteiger partial charge in [0, 0.05) is 12.7 Å². The summed E-state index contributed by atoms with van der Waals surface area (Å²) < 4.78 is 15.1. The number of hydrogen-bond donors (Lipinski definition) is 2. The van der Waals surface area contributed by atoms with Gasteiger partial charge in [0.25, 0.3) is 5.91 Å². The van der Waals surface area contributed by atoms with Gasteiger partial charge in [-0.2, -0.15) is 5.10 Å². The Labute approximate surface area is 204 Å². The van der Waals surface area contributed by atoms with Crippen LogP contribution in [0.3, 0.4) is 0 Å². The minimum Gasteiger partial charge on any atom is -0.478 e. The predicted molar refractivity (Wildman–Crippen MR) is 122 cm³/mol. The minimum atomic E-state index is -1.06. The molecular formula is C24H21ClFN5O4. The molecule has 2 amide bonds. The van der Waals surface area contributed by atoms with Gasteiger partial charge < -0.3 is 15.3 Å². The number of carboxylic acids is 1. The van der Waals surface area contributed by atoms with Crippen LogP contribution in [-0.2, 0) is 29.8 Å². The summed E-state index contributed by atoms with van der Waals surface area (Å²) in [5.41, 5.74) is 1.65. The van der Waals surface area contributed by atoms with E-state index in [1.165, 1.54) is 36.7 Å². The Bertz CT molecular complexity index is 1340. The molecule has 1 aliphatic heterocycles. The van der Waals surface area contributed by atoms with Gasteiger partial charge in [-0.05, 0) is 42.7 Å². The topological polar surface area (TPSA) is 117 Å². The Kier molecular flexibility index (Phi) is 5.76. The van der Waals surface area contributed by atoms with Crippen LogP contribution < -0.4 is 5.32 Å². The van der Waals surface area contributed by atoms with E-state index in [2.05, 4.69) is 15.4 Å². The van der Waals surface area contributed by atoms with E-state index >= 15 is 0 Å². The molecule has 0 radical (unpaired) electrons. The maximum atomic E-state index is 13.4. The molecule has 1 aliphatic carbocycles. The number of nitrogens with zero attached hydrogens (tertiary/aromatic N) is 4. The first-order chi connectivity index (χ1) is 16.8. The number of nitrogens with one attached hydrogen (secondary N) is 1. The van der Waals surface area contributed by atoms with Crippen LogP contribution in [0.25, 0.3) is 0 Å². The Morgan fingerprint density at radius 2 is 1.94 bits per heavy atom. The van der Waals surface area contributed by atoms with E-state index in [-0.39, 0.29) is 35.4 Å². The highest BCUT2D eigenvalue weighted by molar-refractivity contribution is 6.30. The normalized spacial score (nSPS) is 15.9. The average molecular weight is 498 g/mol. The number of carbonyl (C=O) groups is 3.